The van der Waals surface area contributed by atoms with Crippen LogP contribution >= 0.6 is 0 Å². The molecule has 0 aliphatic rings. The molecule has 1 aromatic heterocycles. The monoisotopic (exact) mass is 301 g/mol. The minimum atomic E-state index is -0.201. The first-order valence-electron chi connectivity index (χ1n) is 7.29. The van der Waals surface area contributed by atoms with Crippen LogP contribution in [0.1, 0.15) is 52.7 Å². The highest BCUT2D eigenvalue weighted by Gasteiger charge is 2.27. The van der Waals surface area contributed by atoms with Gasteiger partial charge in [-0.2, -0.15) is 0 Å². The number of benzene rings is 1. The Hall–Kier alpha value is -2.17. The van der Waals surface area contributed by atoms with E-state index >= 15 is 0 Å². The van der Waals surface area contributed by atoms with Crippen molar-refractivity contribution in [2.75, 3.05) is 0 Å². The Balaban J connectivity index is 2.56. The minimum Gasteiger partial charge on any atom is -0.507 e. The molecule has 1 aromatic carbocycles. The van der Waals surface area contributed by atoms with E-state index in [4.69, 9.17) is 4.74 Å². The molecule has 0 aliphatic carbocycles. The zero-order chi connectivity index (χ0) is 16.5. The molecule has 0 radical (unpaired) electrons. The van der Waals surface area contributed by atoms with Crippen molar-refractivity contribution in [3.63, 3.8) is 0 Å². The Morgan fingerprint density at radius 2 is 1.50 bits per heavy atom. The summed E-state index contributed by atoms with van der Waals surface area (Å²) >= 11 is 0. The van der Waals surface area contributed by atoms with E-state index < -0.39 is 0 Å². The summed E-state index contributed by atoms with van der Waals surface area (Å²) in [5.41, 5.74) is 1.29. The summed E-state index contributed by atoms with van der Waals surface area (Å²) < 4.78 is 5.78. The molecular formula is C17H23N3O2. The molecule has 0 saturated heterocycles. The van der Waals surface area contributed by atoms with Gasteiger partial charge >= 0.3 is 0 Å². The van der Waals surface area contributed by atoms with E-state index in [9.17, 15) is 5.11 Å². The second-order valence-corrected chi connectivity index (χ2v) is 7.43. The minimum absolute atomic E-state index is 0.201. The zero-order valence-corrected chi connectivity index (χ0v) is 14.0. The van der Waals surface area contributed by atoms with E-state index in [1.807, 2.05) is 12.1 Å². The third kappa shape index (κ3) is 3.53. The van der Waals surface area contributed by atoms with Crippen LogP contribution in [0.3, 0.4) is 0 Å². The molecule has 5 heteroatoms. The summed E-state index contributed by atoms with van der Waals surface area (Å²) in [5.74, 6) is 1.33. The Bertz CT molecular complexity index is 621. The first kappa shape index (κ1) is 16.2. The van der Waals surface area contributed by atoms with E-state index in [2.05, 4.69) is 57.0 Å². The van der Waals surface area contributed by atoms with Gasteiger partial charge in [-0.25, -0.2) is 0 Å². The zero-order valence-electron chi connectivity index (χ0n) is 14.0. The maximum atomic E-state index is 10.7. The highest BCUT2D eigenvalue weighted by molar-refractivity contribution is 5.52. The van der Waals surface area contributed by atoms with Crippen molar-refractivity contribution in [3.05, 3.63) is 35.5 Å². The third-order valence-corrected chi connectivity index (χ3v) is 3.40. The van der Waals surface area contributed by atoms with Crippen LogP contribution in [0.5, 0.6) is 17.4 Å². The third-order valence-electron chi connectivity index (χ3n) is 3.40. The van der Waals surface area contributed by atoms with Gasteiger partial charge in [0.25, 0.3) is 0 Å². The molecule has 0 atom stereocenters. The number of rotatable bonds is 2. The van der Waals surface area contributed by atoms with Gasteiger partial charge < -0.3 is 9.84 Å². The standard InChI is InChI=1S/C17H23N3O2/c1-16(2,3)12-9-11(22-14-7-8-18-20-19-14)10-13(15(12)21)17(4,5)6/h7-10,21H,1-6H3. The molecule has 0 unspecified atom stereocenters. The van der Waals surface area contributed by atoms with Gasteiger partial charge in [0.2, 0.25) is 5.88 Å². The second kappa shape index (κ2) is 5.55. The van der Waals surface area contributed by atoms with Crippen LogP contribution in [0.25, 0.3) is 0 Å². The van der Waals surface area contributed by atoms with Gasteiger partial charge in [0.15, 0.2) is 0 Å². The number of hydrogen-bond donors (Lipinski definition) is 1. The SMILES string of the molecule is CC(C)(C)c1cc(Oc2ccnnn2)cc(C(C)(C)C)c1O. The van der Waals surface area contributed by atoms with Crippen molar-refractivity contribution in [1.82, 2.24) is 15.4 Å². The maximum absolute atomic E-state index is 10.7. The molecule has 0 fully saturated rings. The van der Waals surface area contributed by atoms with E-state index in [1.165, 1.54) is 6.20 Å². The Morgan fingerprint density at radius 1 is 0.955 bits per heavy atom. The Morgan fingerprint density at radius 3 is 1.91 bits per heavy atom. The van der Waals surface area contributed by atoms with Gasteiger partial charge in [-0.05, 0) is 28.2 Å². The molecule has 0 bridgehead atoms. The highest BCUT2D eigenvalue weighted by Crippen LogP contribution is 2.42. The van der Waals surface area contributed by atoms with E-state index in [0.29, 0.717) is 17.4 Å². The lowest BCUT2D eigenvalue weighted by Gasteiger charge is -2.27. The van der Waals surface area contributed by atoms with E-state index in [-0.39, 0.29) is 10.8 Å². The molecule has 5 nitrogen and oxygen atoms in total. The molecule has 0 amide bonds. The maximum Gasteiger partial charge on any atom is 0.242 e. The van der Waals surface area contributed by atoms with Gasteiger partial charge in [-0.3, -0.25) is 0 Å². The predicted molar refractivity (Wildman–Crippen MR) is 85.4 cm³/mol. The van der Waals surface area contributed by atoms with Crippen LogP contribution in [0, 0.1) is 0 Å². The number of nitrogens with zero attached hydrogens (tertiary/aromatic N) is 3. The van der Waals surface area contributed by atoms with Crippen LogP contribution < -0.4 is 4.74 Å². The van der Waals surface area contributed by atoms with Gasteiger partial charge in [-0.1, -0.05) is 46.6 Å². The lowest BCUT2D eigenvalue weighted by molar-refractivity contribution is 0.410. The van der Waals surface area contributed by atoms with Crippen LogP contribution in [0.4, 0.5) is 0 Å². The average molecular weight is 301 g/mol. The molecule has 0 spiro atoms. The van der Waals surface area contributed by atoms with Crippen molar-refractivity contribution in [2.45, 2.75) is 52.4 Å². The largest absolute Gasteiger partial charge is 0.507 e. The number of aromatic hydroxyl groups is 1. The quantitative estimate of drug-likeness (QED) is 0.909. The van der Waals surface area contributed by atoms with Gasteiger partial charge in [0.1, 0.15) is 11.5 Å². The summed E-state index contributed by atoms with van der Waals surface area (Å²) in [6, 6.07) is 5.35. The Labute approximate surface area is 131 Å². The number of phenols is 1. The van der Waals surface area contributed by atoms with Gasteiger partial charge in [-0.15, -0.1) is 5.10 Å². The summed E-state index contributed by atoms with van der Waals surface area (Å²) in [5, 5.41) is 21.7. The van der Waals surface area contributed by atoms with Crippen LogP contribution in [-0.2, 0) is 10.8 Å². The molecule has 0 saturated carbocycles. The molecular weight excluding hydrogens is 278 g/mol. The van der Waals surface area contributed by atoms with Crippen molar-refractivity contribution in [3.8, 4) is 17.4 Å². The fourth-order valence-corrected chi connectivity index (χ4v) is 2.22. The lowest BCUT2D eigenvalue weighted by Crippen LogP contribution is -2.17. The summed E-state index contributed by atoms with van der Waals surface area (Å²) in [7, 11) is 0. The van der Waals surface area contributed by atoms with Gasteiger partial charge in [0, 0.05) is 17.2 Å². The Kier molecular flexibility index (Phi) is 4.09. The van der Waals surface area contributed by atoms with Crippen LogP contribution in [-0.4, -0.2) is 20.5 Å². The summed E-state index contributed by atoms with van der Waals surface area (Å²) in [6.45, 7) is 12.4. The second-order valence-electron chi connectivity index (χ2n) is 7.43. The molecule has 0 aliphatic heterocycles. The first-order valence-corrected chi connectivity index (χ1v) is 7.29. The molecule has 1 heterocycles. The number of aromatic nitrogens is 3. The predicted octanol–water partition coefficient (Wildman–Crippen LogP) is 3.96. The lowest BCUT2D eigenvalue weighted by atomic mass is 9.79. The number of phenolic OH excluding ortho intramolecular Hbond substituents is 1. The van der Waals surface area contributed by atoms with Gasteiger partial charge in [0.05, 0.1) is 6.20 Å². The van der Waals surface area contributed by atoms with E-state index in [1.54, 1.807) is 6.07 Å². The normalized spacial score (nSPS) is 12.3. The molecule has 118 valence electrons. The summed E-state index contributed by atoms with van der Waals surface area (Å²) in [4.78, 5) is 0. The van der Waals surface area contributed by atoms with Crippen molar-refractivity contribution in [1.29, 1.82) is 0 Å². The average Bonchev–Trinajstić information content (AvgIpc) is 2.39. The molecule has 2 rings (SSSR count). The van der Waals surface area contributed by atoms with Crippen molar-refractivity contribution >= 4 is 0 Å². The number of ether oxygens (including phenoxy) is 1. The smallest absolute Gasteiger partial charge is 0.242 e. The van der Waals surface area contributed by atoms with E-state index in [0.717, 1.165) is 11.1 Å². The topological polar surface area (TPSA) is 68.1 Å². The van der Waals surface area contributed by atoms with Crippen molar-refractivity contribution < 1.29 is 9.84 Å². The van der Waals surface area contributed by atoms with Crippen LogP contribution in [0.15, 0.2) is 24.4 Å². The number of hydrogen-bond acceptors (Lipinski definition) is 5. The fraction of sp³-hybridized carbons (Fsp3) is 0.471. The fourth-order valence-electron chi connectivity index (χ4n) is 2.22. The van der Waals surface area contributed by atoms with Crippen molar-refractivity contribution in [2.24, 2.45) is 0 Å². The van der Waals surface area contributed by atoms with Crippen LogP contribution in [0.2, 0.25) is 0 Å². The first-order chi connectivity index (χ1) is 10.1. The summed E-state index contributed by atoms with van der Waals surface area (Å²) in [6.07, 6.45) is 1.53. The highest BCUT2D eigenvalue weighted by atomic mass is 16.5. The molecule has 1 N–H and O–H groups in total. The molecule has 22 heavy (non-hydrogen) atoms. The molecule has 2 aromatic rings.